The summed E-state index contributed by atoms with van der Waals surface area (Å²) in [5.74, 6) is -0.208. The largest absolute Gasteiger partial charge is 0.573 e. The van der Waals surface area contributed by atoms with Gasteiger partial charge in [-0.05, 0) is 44.3 Å². The molecule has 0 saturated carbocycles. The number of ether oxygens (including phenoxy) is 2. The number of aromatic nitrogens is 2. The Balaban J connectivity index is 1.39. The molecule has 0 spiro atoms. The van der Waals surface area contributed by atoms with E-state index in [0.29, 0.717) is 11.6 Å². The summed E-state index contributed by atoms with van der Waals surface area (Å²) in [5.41, 5.74) is 2.10. The van der Waals surface area contributed by atoms with E-state index in [4.69, 9.17) is 16.3 Å². The van der Waals surface area contributed by atoms with Gasteiger partial charge < -0.3 is 24.6 Å². The van der Waals surface area contributed by atoms with Crippen molar-refractivity contribution in [2.75, 3.05) is 50.1 Å². The molecule has 1 aromatic heterocycles. The highest BCUT2D eigenvalue weighted by molar-refractivity contribution is 6.32. The summed E-state index contributed by atoms with van der Waals surface area (Å²) < 4.78 is 46.1. The molecule has 4 rings (SSSR count). The van der Waals surface area contributed by atoms with Gasteiger partial charge in [0.25, 0.3) is 5.91 Å². The van der Waals surface area contributed by atoms with E-state index in [1.165, 1.54) is 6.07 Å². The molecule has 186 valence electrons. The minimum atomic E-state index is -4.83. The van der Waals surface area contributed by atoms with Crippen molar-refractivity contribution in [2.24, 2.45) is 0 Å². The van der Waals surface area contributed by atoms with Gasteiger partial charge in [0.05, 0.1) is 16.2 Å². The molecule has 35 heavy (non-hydrogen) atoms. The van der Waals surface area contributed by atoms with Crippen LogP contribution in [0.1, 0.15) is 5.69 Å². The van der Waals surface area contributed by atoms with E-state index in [9.17, 15) is 18.0 Å². The molecule has 1 aliphatic heterocycles. The zero-order valence-corrected chi connectivity index (χ0v) is 19.8. The van der Waals surface area contributed by atoms with Crippen LogP contribution in [0, 0.1) is 6.92 Å². The van der Waals surface area contributed by atoms with Gasteiger partial charge in [-0.25, -0.2) is 9.97 Å². The maximum Gasteiger partial charge on any atom is 0.573 e. The van der Waals surface area contributed by atoms with Crippen LogP contribution in [-0.2, 0) is 4.79 Å². The lowest BCUT2D eigenvalue weighted by Gasteiger charge is -2.32. The normalized spacial score (nSPS) is 14.7. The van der Waals surface area contributed by atoms with Crippen molar-refractivity contribution in [3.05, 3.63) is 47.1 Å². The number of rotatable bonds is 6. The van der Waals surface area contributed by atoms with Crippen molar-refractivity contribution >= 4 is 40.0 Å². The van der Waals surface area contributed by atoms with Crippen LogP contribution in [0.25, 0.3) is 10.9 Å². The molecule has 3 aromatic rings. The Kier molecular flexibility index (Phi) is 7.18. The molecule has 0 aliphatic carbocycles. The number of benzene rings is 2. The molecule has 1 aliphatic rings. The number of anilines is 2. The summed E-state index contributed by atoms with van der Waals surface area (Å²) in [6, 6.07) is 8.55. The molecule has 2 heterocycles. The minimum absolute atomic E-state index is 0.0514. The van der Waals surface area contributed by atoms with Gasteiger partial charge in [0, 0.05) is 43.3 Å². The fourth-order valence-corrected chi connectivity index (χ4v) is 3.85. The molecule has 1 saturated heterocycles. The number of amides is 1. The summed E-state index contributed by atoms with van der Waals surface area (Å²) in [6.07, 6.45) is -4.83. The van der Waals surface area contributed by atoms with Crippen molar-refractivity contribution in [1.29, 1.82) is 0 Å². The lowest BCUT2D eigenvalue weighted by atomic mass is 10.1. The van der Waals surface area contributed by atoms with Crippen LogP contribution >= 0.6 is 11.6 Å². The van der Waals surface area contributed by atoms with Crippen molar-refractivity contribution in [1.82, 2.24) is 14.9 Å². The second-order valence-electron chi connectivity index (χ2n) is 8.11. The Hall–Kier alpha value is -3.31. The molecular weight excluding hydrogens is 487 g/mol. The molecule has 12 heteroatoms. The number of nitrogens with one attached hydrogen (secondary N) is 1. The number of carbonyl (C=O) groups excluding carboxylic acids is 1. The maximum absolute atomic E-state index is 12.4. The van der Waals surface area contributed by atoms with E-state index in [0.717, 1.165) is 54.9 Å². The highest BCUT2D eigenvalue weighted by Crippen LogP contribution is 2.31. The molecule has 2 aromatic carbocycles. The van der Waals surface area contributed by atoms with Gasteiger partial charge >= 0.3 is 6.36 Å². The van der Waals surface area contributed by atoms with Gasteiger partial charge in [-0.2, -0.15) is 0 Å². The Morgan fingerprint density at radius 2 is 1.86 bits per heavy atom. The number of nitrogens with zero attached hydrogens (tertiary/aromatic N) is 4. The first-order valence-corrected chi connectivity index (χ1v) is 11.1. The van der Waals surface area contributed by atoms with Crippen LogP contribution in [0.2, 0.25) is 5.02 Å². The molecule has 0 radical (unpaired) electrons. The average Bonchev–Trinajstić information content (AvgIpc) is 2.78. The third-order valence-electron chi connectivity index (χ3n) is 5.44. The topological polar surface area (TPSA) is 79.8 Å². The number of fused-ring (bicyclic) bond motifs is 1. The lowest BCUT2D eigenvalue weighted by Crippen LogP contribution is -2.45. The maximum atomic E-state index is 12.4. The Bertz CT molecular complexity index is 1230. The number of hydrogen-bond donors (Lipinski definition) is 1. The number of aryl methyl sites for hydroxylation is 1. The quantitative estimate of drug-likeness (QED) is 0.532. The van der Waals surface area contributed by atoms with E-state index < -0.39 is 24.6 Å². The number of piperazine rings is 1. The zero-order valence-electron chi connectivity index (χ0n) is 19.0. The second-order valence-corrected chi connectivity index (χ2v) is 8.52. The van der Waals surface area contributed by atoms with Gasteiger partial charge in [-0.3, -0.25) is 4.79 Å². The first kappa shape index (κ1) is 24.8. The Labute approximate surface area is 204 Å². The van der Waals surface area contributed by atoms with Crippen LogP contribution < -0.4 is 19.7 Å². The van der Waals surface area contributed by atoms with Crippen LogP contribution in [0.3, 0.4) is 0 Å². The second kappa shape index (κ2) is 10.1. The average molecular weight is 510 g/mol. The molecule has 1 amide bonds. The predicted molar refractivity (Wildman–Crippen MR) is 126 cm³/mol. The van der Waals surface area contributed by atoms with Crippen molar-refractivity contribution in [3.8, 4) is 11.5 Å². The first-order valence-electron chi connectivity index (χ1n) is 10.8. The first-order chi connectivity index (χ1) is 16.6. The van der Waals surface area contributed by atoms with Gasteiger partial charge in [0.1, 0.15) is 11.5 Å². The van der Waals surface area contributed by atoms with E-state index >= 15 is 0 Å². The summed E-state index contributed by atoms with van der Waals surface area (Å²) in [7, 11) is 2.09. The summed E-state index contributed by atoms with van der Waals surface area (Å²) >= 11 is 5.94. The van der Waals surface area contributed by atoms with E-state index in [1.54, 1.807) is 12.1 Å². The molecular formula is C23H23ClF3N5O3. The summed E-state index contributed by atoms with van der Waals surface area (Å²) in [6.45, 7) is 5.12. The van der Waals surface area contributed by atoms with Gasteiger partial charge in [0.2, 0.25) is 5.95 Å². The van der Waals surface area contributed by atoms with Gasteiger partial charge in [-0.15, -0.1) is 13.2 Å². The Morgan fingerprint density at radius 3 is 2.54 bits per heavy atom. The molecule has 0 bridgehead atoms. The van der Waals surface area contributed by atoms with E-state index in [2.05, 4.69) is 36.9 Å². The van der Waals surface area contributed by atoms with Crippen LogP contribution in [0.5, 0.6) is 11.5 Å². The van der Waals surface area contributed by atoms with E-state index in [-0.39, 0.29) is 10.8 Å². The van der Waals surface area contributed by atoms with Gasteiger partial charge in [0.15, 0.2) is 6.61 Å². The molecule has 1 N–H and O–H groups in total. The number of hydrogen-bond acceptors (Lipinski definition) is 7. The number of alkyl halides is 3. The Morgan fingerprint density at radius 1 is 1.11 bits per heavy atom. The van der Waals surface area contributed by atoms with Crippen LogP contribution in [0.4, 0.5) is 24.8 Å². The summed E-state index contributed by atoms with van der Waals surface area (Å²) in [4.78, 5) is 26.1. The molecule has 0 unspecified atom stereocenters. The van der Waals surface area contributed by atoms with E-state index in [1.807, 2.05) is 13.0 Å². The van der Waals surface area contributed by atoms with Crippen molar-refractivity contribution in [2.45, 2.75) is 13.3 Å². The smallest absolute Gasteiger partial charge is 0.482 e. The molecule has 8 nitrogen and oxygen atoms in total. The van der Waals surface area contributed by atoms with Crippen LogP contribution in [0.15, 0.2) is 36.4 Å². The zero-order chi connectivity index (χ0) is 25.2. The fourth-order valence-electron chi connectivity index (χ4n) is 3.63. The van der Waals surface area contributed by atoms with Crippen molar-refractivity contribution in [3.63, 3.8) is 0 Å². The highest BCUT2D eigenvalue weighted by atomic mass is 35.5. The van der Waals surface area contributed by atoms with Gasteiger partial charge in [-0.1, -0.05) is 11.6 Å². The highest BCUT2D eigenvalue weighted by Gasteiger charge is 2.31. The molecule has 1 fully saturated rings. The fraction of sp³-hybridized carbons (Fsp3) is 0.348. The van der Waals surface area contributed by atoms with Crippen LogP contribution in [-0.4, -0.2) is 67.0 Å². The van der Waals surface area contributed by atoms with Crippen molar-refractivity contribution < 1.29 is 27.4 Å². The number of halogens is 4. The SMILES string of the molecule is Cc1nc(N2CCN(C)CC2)nc2ccc(NC(=O)COc3ccc(OC(F)(F)F)cc3Cl)cc12. The number of carbonyl (C=O) groups is 1. The minimum Gasteiger partial charge on any atom is -0.482 e. The number of likely N-dealkylation sites (N-methyl/N-ethyl adjacent to an activating group) is 1. The third-order valence-corrected chi connectivity index (χ3v) is 5.74. The lowest BCUT2D eigenvalue weighted by molar-refractivity contribution is -0.274. The predicted octanol–water partition coefficient (Wildman–Crippen LogP) is 4.26. The standard InChI is InChI=1S/C23H23ClF3N5O3/c1-14-17-11-15(3-5-19(17)30-22(28-14)32-9-7-31(2)8-10-32)29-21(33)13-34-20-6-4-16(12-18(20)24)35-23(25,26)27/h3-6,11-12H,7-10,13H2,1-2H3,(H,29,33). The monoisotopic (exact) mass is 509 g/mol. The third kappa shape index (κ3) is 6.43. The summed E-state index contributed by atoms with van der Waals surface area (Å²) in [5, 5.41) is 3.42. The molecule has 0 atom stereocenters.